The molecule has 0 N–H and O–H groups in total. The van der Waals surface area contributed by atoms with Gasteiger partial charge in [0.2, 0.25) is 0 Å². The maximum atomic E-state index is 3.78. The molecule has 0 saturated heterocycles. The lowest BCUT2D eigenvalue weighted by Crippen LogP contribution is -1.88. The molecule has 19 heavy (non-hydrogen) atoms. The molecule has 0 amide bonds. The van der Waals surface area contributed by atoms with Crippen molar-refractivity contribution in [3.63, 3.8) is 0 Å². The van der Waals surface area contributed by atoms with E-state index in [0.29, 0.717) is 0 Å². The van der Waals surface area contributed by atoms with Gasteiger partial charge >= 0.3 is 0 Å². The lowest BCUT2D eigenvalue weighted by Gasteiger charge is -2.04. The molecule has 0 unspecified atom stereocenters. The molecule has 0 heteroatoms. The summed E-state index contributed by atoms with van der Waals surface area (Å²) in [5.74, 6) is 0. The highest BCUT2D eigenvalue weighted by atomic mass is 14.0. The Morgan fingerprint density at radius 3 is 1.89 bits per heavy atom. The van der Waals surface area contributed by atoms with Crippen LogP contribution in [0, 0.1) is 0 Å². The Balaban J connectivity index is 2.04. The van der Waals surface area contributed by atoms with Crippen molar-refractivity contribution in [3.8, 4) is 0 Å². The van der Waals surface area contributed by atoms with Crippen LogP contribution >= 0.6 is 0 Å². The minimum absolute atomic E-state index is 0.984. The van der Waals surface area contributed by atoms with E-state index in [0.717, 1.165) is 6.42 Å². The van der Waals surface area contributed by atoms with E-state index < -0.39 is 0 Å². The van der Waals surface area contributed by atoms with Crippen molar-refractivity contribution >= 4 is 0 Å². The third-order valence-electron chi connectivity index (χ3n) is 3.72. The Morgan fingerprint density at radius 2 is 1.32 bits per heavy atom. The average Bonchev–Trinajstić information content (AvgIpc) is 2.44. The molecule has 0 heterocycles. The van der Waals surface area contributed by atoms with Crippen molar-refractivity contribution < 1.29 is 0 Å². The minimum atomic E-state index is 0.984. The first kappa shape index (κ1) is 16.0. The standard InChI is InChI=1S/C19H30/c1-3-5-6-7-8-9-10-11-13-19-16-14-18(12-4-2)15-17-19/h4,14-17H,2-3,5-13H2,1H3. The predicted molar refractivity (Wildman–Crippen MR) is 86.7 cm³/mol. The number of unbranched alkanes of at least 4 members (excludes halogenated alkanes) is 7. The quantitative estimate of drug-likeness (QED) is 0.332. The molecule has 0 aromatic heterocycles. The molecule has 0 aliphatic rings. The molecule has 0 aliphatic carbocycles. The lowest BCUT2D eigenvalue weighted by molar-refractivity contribution is 0.575. The summed E-state index contributed by atoms with van der Waals surface area (Å²) >= 11 is 0. The monoisotopic (exact) mass is 258 g/mol. The molecule has 0 aliphatic heterocycles. The van der Waals surface area contributed by atoms with E-state index in [4.69, 9.17) is 0 Å². The van der Waals surface area contributed by atoms with Crippen molar-refractivity contribution in [1.29, 1.82) is 0 Å². The van der Waals surface area contributed by atoms with Gasteiger partial charge in [0, 0.05) is 0 Å². The van der Waals surface area contributed by atoms with Crippen LogP contribution in [0.3, 0.4) is 0 Å². The van der Waals surface area contributed by atoms with Crippen LogP contribution in [0.2, 0.25) is 0 Å². The molecule has 0 atom stereocenters. The first-order chi connectivity index (χ1) is 9.36. The summed E-state index contributed by atoms with van der Waals surface area (Å²) in [6.45, 7) is 6.05. The summed E-state index contributed by atoms with van der Waals surface area (Å²) in [6.07, 6.45) is 15.4. The smallest absolute Gasteiger partial charge is 0.0100 e. The van der Waals surface area contributed by atoms with Crippen molar-refractivity contribution in [2.45, 2.75) is 71.1 Å². The number of hydrogen-bond acceptors (Lipinski definition) is 0. The topological polar surface area (TPSA) is 0 Å². The van der Waals surface area contributed by atoms with Gasteiger partial charge in [0.15, 0.2) is 0 Å². The van der Waals surface area contributed by atoms with Crippen LogP contribution in [-0.2, 0) is 12.8 Å². The first-order valence-electron chi connectivity index (χ1n) is 8.05. The van der Waals surface area contributed by atoms with Gasteiger partial charge in [-0.05, 0) is 30.4 Å². The highest BCUT2D eigenvalue weighted by Crippen LogP contribution is 2.12. The van der Waals surface area contributed by atoms with Crippen LogP contribution < -0.4 is 0 Å². The molecule has 0 radical (unpaired) electrons. The summed E-state index contributed by atoms with van der Waals surface area (Å²) in [5, 5.41) is 0. The number of allylic oxidation sites excluding steroid dienone is 1. The zero-order chi connectivity index (χ0) is 13.8. The second-order valence-corrected chi connectivity index (χ2v) is 5.53. The Labute approximate surface area is 119 Å². The molecular weight excluding hydrogens is 228 g/mol. The second kappa shape index (κ2) is 10.8. The zero-order valence-electron chi connectivity index (χ0n) is 12.7. The largest absolute Gasteiger partial charge is 0.103 e. The maximum absolute atomic E-state index is 3.78. The highest BCUT2D eigenvalue weighted by Gasteiger charge is 1.95. The number of hydrogen-bond donors (Lipinski definition) is 0. The van der Waals surface area contributed by atoms with Crippen molar-refractivity contribution in [2.24, 2.45) is 0 Å². The third-order valence-corrected chi connectivity index (χ3v) is 3.72. The third kappa shape index (κ3) is 7.87. The fourth-order valence-corrected chi connectivity index (χ4v) is 2.47. The van der Waals surface area contributed by atoms with E-state index in [9.17, 15) is 0 Å². The van der Waals surface area contributed by atoms with Gasteiger partial charge in [-0.15, -0.1) is 6.58 Å². The molecule has 1 aromatic rings. The van der Waals surface area contributed by atoms with Gasteiger partial charge in [0.1, 0.15) is 0 Å². The fourth-order valence-electron chi connectivity index (χ4n) is 2.47. The Bertz CT molecular complexity index is 320. The molecule has 0 spiro atoms. The molecular formula is C19H30. The van der Waals surface area contributed by atoms with Crippen LogP contribution in [0.1, 0.15) is 69.4 Å². The van der Waals surface area contributed by atoms with Gasteiger partial charge in [0.05, 0.1) is 0 Å². The van der Waals surface area contributed by atoms with Crippen molar-refractivity contribution in [1.82, 2.24) is 0 Å². The maximum Gasteiger partial charge on any atom is -0.0100 e. The van der Waals surface area contributed by atoms with Crippen molar-refractivity contribution in [2.75, 3.05) is 0 Å². The molecule has 0 bridgehead atoms. The Kier molecular flexibility index (Phi) is 9.14. The Morgan fingerprint density at radius 1 is 0.789 bits per heavy atom. The van der Waals surface area contributed by atoms with Gasteiger partial charge in [-0.1, -0.05) is 82.2 Å². The predicted octanol–water partition coefficient (Wildman–Crippen LogP) is 6.10. The normalized spacial score (nSPS) is 10.6. The average molecular weight is 258 g/mol. The molecule has 1 aromatic carbocycles. The minimum Gasteiger partial charge on any atom is -0.103 e. The Hall–Kier alpha value is -1.04. The van der Waals surface area contributed by atoms with E-state index in [1.807, 2.05) is 6.08 Å². The van der Waals surface area contributed by atoms with Crippen molar-refractivity contribution in [3.05, 3.63) is 48.0 Å². The summed E-state index contributed by atoms with van der Waals surface area (Å²) in [6, 6.07) is 9.03. The van der Waals surface area contributed by atoms with E-state index in [2.05, 4.69) is 37.8 Å². The first-order valence-corrected chi connectivity index (χ1v) is 8.05. The molecule has 0 nitrogen and oxygen atoms in total. The van der Waals surface area contributed by atoms with Gasteiger partial charge in [-0.2, -0.15) is 0 Å². The SMILES string of the molecule is C=CCc1ccc(CCCCCCCCCC)cc1. The van der Waals surface area contributed by atoms with Gasteiger partial charge in [-0.3, -0.25) is 0 Å². The second-order valence-electron chi connectivity index (χ2n) is 5.53. The van der Waals surface area contributed by atoms with Crippen LogP contribution in [-0.4, -0.2) is 0 Å². The molecule has 0 fully saturated rings. The zero-order valence-corrected chi connectivity index (χ0v) is 12.7. The van der Waals surface area contributed by atoms with E-state index in [1.165, 1.54) is 68.9 Å². The summed E-state index contributed by atoms with van der Waals surface area (Å²) < 4.78 is 0. The summed E-state index contributed by atoms with van der Waals surface area (Å²) in [5.41, 5.74) is 2.86. The summed E-state index contributed by atoms with van der Waals surface area (Å²) in [7, 11) is 0. The fraction of sp³-hybridized carbons (Fsp3) is 0.579. The van der Waals surface area contributed by atoms with Crippen LogP contribution in [0.25, 0.3) is 0 Å². The lowest BCUT2D eigenvalue weighted by atomic mass is 10.0. The number of rotatable bonds is 11. The molecule has 0 saturated carbocycles. The number of benzene rings is 1. The molecule has 1 rings (SSSR count). The highest BCUT2D eigenvalue weighted by molar-refractivity contribution is 5.23. The van der Waals surface area contributed by atoms with E-state index in [-0.39, 0.29) is 0 Å². The van der Waals surface area contributed by atoms with Crippen LogP contribution in [0.4, 0.5) is 0 Å². The molecule has 106 valence electrons. The van der Waals surface area contributed by atoms with E-state index in [1.54, 1.807) is 0 Å². The summed E-state index contributed by atoms with van der Waals surface area (Å²) in [4.78, 5) is 0. The van der Waals surface area contributed by atoms with Gasteiger partial charge in [-0.25, -0.2) is 0 Å². The van der Waals surface area contributed by atoms with Crippen LogP contribution in [0.15, 0.2) is 36.9 Å². The van der Waals surface area contributed by atoms with Gasteiger partial charge < -0.3 is 0 Å². The van der Waals surface area contributed by atoms with Crippen LogP contribution in [0.5, 0.6) is 0 Å². The number of aryl methyl sites for hydroxylation is 1. The van der Waals surface area contributed by atoms with Gasteiger partial charge in [0.25, 0.3) is 0 Å². The van der Waals surface area contributed by atoms with E-state index >= 15 is 0 Å².